The standard InChI is InChI=1S/C27H29F6N5O3S/c28-26(29,30)12-10-17(18(11-13-27(31,32)33)24(40)38-42-15-14-34)23(39)37-22-25(41)35-20-9-5-4-8-19(20)21(36-22)16-6-2-1-3-7-16/h1-9,17-18,22H,10-15,34H2,(H,35,41)(H,37,39)(H,38,40)/t17-,18+,22-/m1/s1. The number of nitrogens with zero attached hydrogens (tertiary/aromatic N) is 1. The van der Waals surface area contributed by atoms with Crippen molar-refractivity contribution in [1.82, 2.24) is 10.0 Å². The monoisotopic (exact) mass is 617 g/mol. The van der Waals surface area contributed by atoms with Crippen molar-refractivity contribution >= 4 is 41.1 Å². The lowest BCUT2D eigenvalue weighted by molar-refractivity contribution is -0.152. The van der Waals surface area contributed by atoms with Crippen molar-refractivity contribution in [3.8, 4) is 0 Å². The molecule has 2 aromatic carbocycles. The second-order valence-corrected chi connectivity index (χ2v) is 10.3. The molecule has 228 valence electrons. The molecule has 3 atom stereocenters. The predicted molar refractivity (Wildman–Crippen MR) is 146 cm³/mol. The van der Waals surface area contributed by atoms with Crippen molar-refractivity contribution in [2.45, 2.75) is 44.2 Å². The number of hydrogen-bond acceptors (Lipinski definition) is 6. The maximum absolute atomic E-state index is 13.5. The molecule has 3 rings (SSSR count). The number of aliphatic imine (C=N–C) groups is 1. The summed E-state index contributed by atoms with van der Waals surface area (Å²) in [6, 6.07) is 15.2. The van der Waals surface area contributed by atoms with Crippen LogP contribution in [-0.4, -0.2) is 54.2 Å². The third-order valence-corrected chi connectivity index (χ3v) is 7.09. The Labute approximate surface area is 242 Å². The molecule has 0 saturated heterocycles. The first-order valence-electron chi connectivity index (χ1n) is 12.9. The van der Waals surface area contributed by atoms with Gasteiger partial charge in [-0.3, -0.25) is 19.1 Å². The van der Waals surface area contributed by atoms with Gasteiger partial charge in [0, 0.05) is 42.2 Å². The van der Waals surface area contributed by atoms with Gasteiger partial charge in [0.05, 0.1) is 17.3 Å². The highest BCUT2D eigenvalue weighted by atomic mass is 32.2. The number of fused-ring (bicyclic) bond motifs is 1. The molecule has 8 nitrogen and oxygen atoms in total. The number of amides is 3. The number of nitrogens with two attached hydrogens (primary N) is 1. The minimum atomic E-state index is -4.77. The van der Waals surface area contributed by atoms with Gasteiger partial charge in [0.15, 0.2) is 0 Å². The lowest BCUT2D eigenvalue weighted by Crippen LogP contribution is -2.48. The van der Waals surface area contributed by atoms with Gasteiger partial charge in [0.2, 0.25) is 18.0 Å². The number of carbonyl (C=O) groups excluding carboxylic acids is 3. The maximum atomic E-state index is 13.5. The zero-order valence-corrected chi connectivity index (χ0v) is 22.9. The molecule has 5 N–H and O–H groups in total. The second-order valence-electron chi connectivity index (χ2n) is 9.41. The third kappa shape index (κ3) is 9.76. The smallest absolute Gasteiger partial charge is 0.330 e. The Morgan fingerprint density at radius 1 is 0.905 bits per heavy atom. The summed E-state index contributed by atoms with van der Waals surface area (Å²) >= 11 is 0.760. The number of alkyl halides is 6. The third-order valence-electron chi connectivity index (χ3n) is 6.30. The molecule has 1 aliphatic rings. The Morgan fingerprint density at radius 2 is 1.48 bits per heavy atom. The van der Waals surface area contributed by atoms with Gasteiger partial charge in [-0.1, -0.05) is 48.5 Å². The van der Waals surface area contributed by atoms with E-state index >= 15 is 0 Å². The van der Waals surface area contributed by atoms with Crippen LogP contribution in [0, 0.1) is 11.8 Å². The number of carbonyl (C=O) groups is 3. The van der Waals surface area contributed by atoms with E-state index < -0.39 is 73.8 Å². The van der Waals surface area contributed by atoms with Crippen LogP contribution in [0.15, 0.2) is 59.6 Å². The van der Waals surface area contributed by atoms with Crippen molar-refractivity contribution in [2.24, 2.45) is 22.6 Å². The molecule has 2 aromatic rings. The van der Waals surface area contributed by atoms with Crippen molar-refractivity contribution in [2.75, 3.05) is 17.6 Å². The van der Waals surface area contributed by atoms with E-state index in [1.165, 1.54) is 0 Å². The Kier molecular flexibility index (Phi) is 11.4. The van der Waals surface area contributed by atoms with E-state index in [4.69, 9.17) is 5.73 Å². The minimum absolute atomic E-state index is 0.108. The van der Waals surface area contributed by atoms with Crippen LogP contribution >= 0.6 is 11.9 Å². The van der Waals surface area contributed by atoms with Crippen molar-refractivity contribution in [1.29, 1.82) is 0 Å². The average molecular weight is 618 g/mol. The summed E-state index contributed by atoms with van der Waals surface area (Å²) in [7, 11) is 0. The molecule has 1 aliphatic heterocycles. The molecule has 0 radical (unpaired) electrons. The van der Waals surface area contributed by atoms with Crippen molar-refractivity contribution in [3.05, 3.63) is 65.7 Å². The second kappa shape index (κ2) is 14.5. The molecule has 0 saturated carbocycles. The topological polar surface area (TPSA) is 126 Å². The number of para-hydroxylation sites is 1. The summed E-state index contributed by atoms with van der Waals surface area (Å²) in [5, 5.41) is 4.90. The zero-order valence-electron chi connectivity index (χ0n) is 22.1. The van der Waals surface area contributed by atoms with Gasteiger partial charge in [0.25, 0.3) is 5.91 Å². The summed E-state index contributed by atoms with van der Waals surface area (Å²) in [5.41, 5.74) is 7.07. The maximum Gasteiger partial charge on any atom is 0.389 e. The van der Waals surface area contributed by atoms with Crippen LogP contribution < -0.4 is 21.1 Å². The fourth-order valence-electron chi connectivity index (χ4n) is 4.35. The fourth-order valence-corrected chi connectivity index (χ4v) is 4.86. The first-order chi connectivity index (χ1) is 19.8. The van der Waals surface area contributed by atoms with Gasteiger partial charge in [-0.2, -0.15) is 26.3 Å². The Balaban J connectivity index is 1.98. The molecule has 1 heterocycles. The number of hydrogen-bond donors (Lipinski definition) is 4. The largest absolute Gasteiger partial charge is 0.389 e. The number of rotatable bonds is 12. The van der Waals surface area contributed by atoms with E-state index in [1.54, 1.807) is 54.6 Å². The Morgan fingerprint density at radius 3 is 2.07 bits per heavy atom. The molecule has 0 unspecified atom stereocenters. The molecule has 0 bridgehead atoms. The lowest BCUT2D eigenvalue weighted by atomic mass is 9.83. The minimum Gasteiger partial charge on any atom is -0.330 e. The molecule has 3 amide bonds. The summed E-state index contributed by atoms with van der Waals surface area (Å²) < 4.78 is 81.3. The van der Waals surface area contributed by atoms with Crippen molar-refractivity contribution < 1.29 is 40.7 Å². The first kappa shape index (κ1) is 32.9. The molecule has 0 aliphatic carbocycles. The van der Waals surface area contributed by atoms with Gasteiger partial charge in [0.1, 0.15) is 0 Å². The molecule has 0 spiro atoms. The van der Waals surface area contributed by atoms with Crippen LogP contribution in [0.5, 0.6) is 0 Å². The molecule has 0 fully saturated rings. The van der Waals surface area contributed by atoms with Crippen LogP contribution in [0.2, 0.25) is 0 Å². The van der Waals surface area contributed by atoms with Gasteiger partial charge in [-0.05, 0) is 30.9 Å². The molecular formula is C27H29F6N5O3S. The highest BCUT2D eigenvalue weighted by Gasteiger charge is 2.41. The summed E-state index contributed by atoms with van der Waals surface area (Å²) in [6.07, 6.45) is -16.2. The van der Waals surface area contributed by atoms with E-state index in [-0.39, 0.29) is 18.0 Å². The van der Waals surface area contributed by atoms with Crippen LogP contribution in [-0.2, 0) is 14.4 Å². The summed E-state index contributed by atoms with van der Waals surface area (Å²) in [4.78, 5) is 43.9. The lowest BCUT2D eigenvalue weighted by Gasteiger charge is -2.27. The van der Waals surface area contributed by atoms with Gasteiger partial charge < -0.3 is 16.4 Å². The number of halogens is 6. The van der Waals surface area contributed by atoms with E-state index in [9.17, 15) is 40.7 Å². The number of anilines is 1. The number of benzene rings is 2. The molecule has 0 aromatic heterocycles. The van der Waals surface area contributed by atoms with Crippen LogP contribution in [0.4, 0.5) is 32.0 Å². The van der Waals surface area contributed by atoms with Gasteiger partial charge in [-0.25, -0.2) is 4.99 Å². The van der Waals surface area contributed by atoms with Crippen LogP contribution in [0.1, 0.15) is 36.8 Å². The normalized spacial score (nSPS) is 16.8. The SMILES string of the molecule is NCCSNC(=O)[C@@H](CCC(F)(F)F)[C@@H](CCC(F)(F)F)C(=O)N[C@H]1N=C(c2ccccc2)c2ccccc2NC1=O. The highest BCUT2D eigenvalue weighted by molar-refractivity contribution is 7.97. The fraction of sp³-hybridized carbons (Fsp3) is 0.407. The number of nitrogens with one attached hydrogen (secondary N) is 3. The van der Waals surface area contributed by atoms with Gasteiger partial charge >= 0.3 is 12.4 Å². The summed E-state index contributed by atoms with van der Waals surface area (Å²) in [6.45, 7) is 0.108. The average Bonchev–Trinajstić information content (AvgIpc) is 3.05. The van der Waals surface area contributed by atoms with Crippen molar-refractivity contribution in [3.63, 3.8) is 0 Å². The summed E-state index contributed by atoms with van der Waals surface area (Å²) in [5.74, 6) is -6.56. The van der Waals surface area contributed by atoms with E-state index in [0.717, 1.165) is 11.9 Å². The Hall–Kier alpha value is -3.59. The molecular weight excluding hydrogens is 588 g/mol. The van der Waals surface area contributed by atoms with Gasteiger partial charge in [-0.15, -0.1) is 0 Å². The van der Waals surface area contributed by atoms with E-state index in [2.05, 4.69) is 20.3 Å². The highest BCUT2D eigenvalue weighted by Crippen LogP contribution is 2.33. The zero-order chi connectivity index (χ0) is 30.9. The van der Waals surface area contributed by atoms with Crippen LogP contribution in [0.3, 0.4) is 0 Å². The molecule has 15 heteroatoms. The molecule has 42 heavy (non-hydrogen) atoms. The first-order valence-corrected chi connectivity index (χ1v) is 13.9. The quantitative estimate of drug-likeness (QED) is 0.158. The predicted octanol–water partition coefficient (Wildman–Crippen LogP) is 4.56. The Bertz CT molecular complexity index is 1270. The number of benzodiazepines with no additional fused rings is 1. The van der Waals surface area contributed by atoms with E-state index in [1.807, 2.05) is 0 Å². The van der Waals surface area contributed by atoms with Crippen LogP contribution in [0.25, 0.3) is 0 Å². The van der Waals surface area contributed by atoms with E-state index in [0.29, 0.717) is 16.8 Å².